The van der Waals surface area contributed by atoms with Crippen molar-refractivity contribution in [2.24, 2.45) is 11.8 Å². The Hall–Kier alpha value is -2.97. The van der Waals surface area contributed by atoms with Crippen molar-refractivity contribution in [3.8, 4) is 0 Å². The van der Waals surface area contributed by atoms with Crippen molar-refractivity contribution in [2.45, 2.75) is 53.6 Å². The van der Waals surface area contributed by atoms with E-state index in [0.29, 0.717) is 0 Å². The number of carbonyl (C=O) groups is 4. The minimum Gasteiger partial charge on any atom is -0.451 e. The van der Waals surface area contributed by atoms with Crippen molar-refractivity contribution >= 4 is 23.8 Å². The summed E-state index contributed by atoms with van der Waals surface area (Å²) in [7, 11) is 0. The maximum absolute atomic E-state index is 12.1. The molecular weight excluding hydrogens is 390 g/mol. The average molecular weight is 421 g/mol. The molecule has 2 N–H and O–H groups in total. The Morgan fingerprint density at radius 1 is 0.767 bits per heavy atom. The number of pyridine rings is 1. The lowest BCUT2D eigenvalue weighted by Gasteiger charge is -2.17. The lowest BCUT2D eigenvalue weighted by Crippen LogP contribution is -2.38. The van der Waals surface area contributed by atoms with E-state index in [4.69, 9.17) is 9.47 Å². The van der Waals surface area contributed by atoms with Crippen LogP contribution in [0.2, 0.25) is 0 Å². The van der Waals surface area contributed by atoms with Crippen molar-refractivity contribution in [3.05, 3.63) is 29.6 Å². The van der Waals surface area contributed by atoms with Crippen LogP contribution in [0.25, 0.3) is 0 Å². The van der Waals surface area contributed by atoms with E-state index in [1.54, 1.807) is 0 Å². The van der Waals surface area contributed by atoms with Gasteiger partial charge >= 0.3 is 11.9 Å². The maximum Gasteiger partial charge on any atom is 0.357 e. The first-order valence-corrected chi connectivity index (χ1v) is 9.91. The van der Waals surface area contributed by atoms with Crippen molar-refractivity contribution in [1.29, 1.82) is 0 Å². The summed E-state index contributed by atoms with van der Waals surface area (Å²) in [6.45, 7) is 10.6. The molecule has 0 aliphatic carbocycles. The zero-order valence-corrected chi connectivity index (χ0v) is 18.4. The molecule has 2 amide bonds. The van der Waals surface area contributed by atoms with Gasteiger partial charge in [0, 0.05) is 12.1 Å². The summed E-state index contributed by atoms with van der Waals surface area (Å²) in [5.74, 6) is -2.07. The Kier molecular flexibility index (Phi) is 9.94. The van der Waals surface area contributed by atoms with E-state index in [1.807, 2.05) is 41.5 Å². The van der Waals surface area contributed by atoms with Crippen LogP contribution in [0.5, 0.6) is 0 Å². The number of esters is 2. The fourth-order valence-corrected chi connectivity index (χ4v) is 2.00. The standard InChI is InChI=1S/C21H31N3O6/c1-12(2)14(5)22-18(25)10-29-20(27)16-8-7-9-17(24-16)21(28)30-11-19(26)23-15(6)13(3)4/h7-9,12-15H,10-11H2,1-6H3,(H,22,25)(H,23,26)/t14-,15-/m0/s1. The van der Waals surface area contributed by atoms with E-state index >= 15 is 0 Å². The summed E-state index contributed by atoms with van der Waals surface area (Å²) in [4.78, 5) is 51.8. The van der Waals surface area contributed by atoms with Crippen LogP contribution < -0.4 is 10.6 Å². The molecule has 1 heterocycles. The molecule has 1 aromatic rings. The minimum atomic E-state index is -0.847. The number of hydrogen-bond donors (Lipinski definition) is 2. The summed E-state index contributed by atoms with van der Waals surface area (Å²) in [5, 5.41) is 5.43. The second-order valence-electron chi connectivity index (χ2n) is 7.76. The Morgan fingerprint density at radius 2 is 1.13 bits per heavy atom. The molecule has 0 aliphatic heterocycles. The molecule has 2 atom stereocenters. The van der Waals surface area contributed by atoms with E-state index in [0.717, 1.165) is 0 Å². The zero-order chi connectivity index (χ0) is 22.8. The number of ether oxygens (including phenoxy) is 2. The van der Waals surface area contributed by atoms with Gasteiger partial charge in [0.05, 0.1) is 0 Å². The molecule has 0 radical (unpaired) electrons. The summed E-state index contributed by atoms with van der Waals surface area (Å²) in [5.41, 5.74) is -0.293. The fourth-order valence-electron chi connectivity index (χ4n) is 2.00. The van der Waals surface area contributed by atoms with Gasteiger partial charge in [0.25, 0.3) is 11.8 Å². The monoisotopic (exact) mass is 421 g/mol. The highest BCUT2D eigenvalue weighted by atomic mass is 16.5. The van der Waals surface area contributed by atoms with Crippen molar-refractivity contribution in [2.75, 3.05) is 13.2 Å². The summed E-state index contributed by atoms with van der Waals surface area (Å²) in [6, 6.07) is 4.01. The van der Waals surface area contributed by atoms with Gasteiger partial charge in [0.15, 0.2) is 13.2 Å². The van der Waals surface area contributed by atoms with Crippen LogP contribution >= 0.6 is 0 Å². The summed E-state index contributed by atoms with van der Waals surface area (Å²) in [6.07, 6.45) is 0. The SMILES string of the molecule is CC(C)[C@H](C)NC(=O)COC(=O)c1cccc(C(=O)OCC(=O)N[C@@H](C)C(C)C)n1. The summed E-state index contributed by atoms with van der Waals surface area (Å²) >= 11 is 0. The third-order valence-electron chi connectivity index (χ3n) is 4.61. The van der Waals surface area contributed by atoms with Crippen LogP contribution in [0.15, 0.2) is 18.2 Å². The van der Waals surface area contributed by atoms with Crippen molar-refractivity contribution in [1.82, 2.24) is 15.6 Å². The van der Waals surface area contributed by atoms with E-state index in [9.17, 15) is 19.2 Å². The van der Waals surface area contributed by atoms with E-state index in [2.05, 4.69) is 15.6 Å². The minimum absolute atomic E-state index is 0.0619. The molecule has 0 spiro atoms. The second kappa shape index (κ2) is 11.9. The van der Waals surface area contributed by atoms with E-state index < -0.39 is 37.0 Å². The first-order valence-electron chi connectivity index (χ1n) is 9.91. The molecule has 0 unspecified atom stereocenters. The van der Waals surface area contributed by atoms with Gasteiger partial charge in [0.2, 0.25) is 0 Å². The first-order chi connectivity index (χ1) is 14.0. The highest BCUT2D eigenvalue weighted by molar-refractivity contribution is 5.93. The molecule has 0 aromatic carbocycles. The topological polar surface area (TPSA) is 124 Å². The molecule has 0 aliphatic rings. The smallest absolute Gasteiger partial charge is 0.357 e. The van der Waals surface area contributed by atoms with Crippen LogP contribution in [0, 0.1) is 11.8 Å². The second-order valence-corrected chi connectivity index (χ2v) is 7.76. The van der Waals surface area contributed by atoms with Crippen LogP contribution in [0.3, 0.4) is 0 Å². The number of hydrogen-bond acceptors (Lipinski definition) is 7. The van der Waals surface area contributed by atoms with Crippen LogP contribution in [-0.2, 0) is 19.1 Å². The molecule has 9 heteroatoms. The molecule has 1 rings (SSSR count). The molecule has 30 heavy (non-hydrogen) atoms. The van der Waals surface area contributed by atoms with E-state index in [1.165, 1.54) is 18.2 Å². The Morgan fingerprint density at radius 3 is 1.47 bits per heavy atom. The van der Waals surface area contributed by atoms with Gasteiger partial charge in [-0.05, 0) is 37.8 Å². The van der Waals surface area contributed by atoms with Crippen LogP contribution in [-0.4, -0.2) is 54.0 Å². The van der Waals surface area contributed by atoms with Gasteiger partial charge in [-0.1, -0.05) is 33.8 Å². The molecular formula is C21H31N3O6. The van der Waals surface area contributed by atoms with Gasteiger partial charge in [-0.2, -0.15) is 0 Å². The first kappa shape index (κ1) is 25.1. The predicted molar refractivity (Wildman–Crippen MR) is 110 cm³/mol. The zero-order valence-electron chi connectivity index (χ0n) is 18.4. The third-order valence-corrected chi connectivity index (χ3v) is 4.61. The Bertz CT molecular complexity index is 704. The number of amides is 2. The van der Waals surface area contributed by atoms with Gasteiger partial charge in [-0.3, -0.25) is 9.59 Å². The maximum atomic E-state index is 12.1. The third kappa shape index (κ3) is 8.59. The Labute approximate surface area is 176 Å². The highest BCUT2D eigenvalue weighted by Crippen LogP contribution is 2.05. The molecule has 166 valence electrons. The fraction of sp³-hybridized carbons (Fsp3) is 0.571. The summed E-state index contributed by atoms with van der Waals surface area (Å²) < 4.78 is 9.88. The van der Waals surface area contributed by atoms with E-state index in [-0.39, 0.29) is 35.3 Å². The van der Waals surface area contributed by atoms with Gasteiger partial charge in [-0.25, -0.2) is 14.6 Å². The average Bonchev–Trinajstić information content (AvgIpc) is 2.69. The predicted octanol–water partition coefficient (Wildman–Crippen LogP) is 1.72. The number of nitrogens with one attached hydrogen (secondary N) is 2. The lowest BCUT2D eigenvalue weighted by molar-refractivity contribution is -0.125. The molecule has 9 nitrogen and oxygen atoms in total. The molecule has 1 aromatic heterocycles. The molecule has 0 saturated heterocycles. The quantitative estimate of drug-likeness (QED) is 0.551. The van der Waals surface area contributed by atoms with Crippen LogP contribution in [0.1, 0.15) is 62.5 Å². The van der Waals surface area contributed by atoms with Crippen molar-refractivity contribution in [3.63, 3.8) is 0 Å². The van der Waals surface area contributed by atoms with Gasteiger partial charge in [0.1, 0.15) is 11.4 Å². The number of nitrogens with zero attached hydrogens (tertiary/aromatic N) is 1. The molecule has 0 bridgehead atoms. The normalized spacial score (nSPS) is 12.8. The lowest BCUT2D eigenvalue weighted by atomic mass is 10.1. The molecule has 0 saturated carbocycles. The van der Waals surface area contributed by atoms with Crippen molar-refractivity contribution < 1.29 is 28.7 Å². The molecule has 0 fully saturated rings. The number of aromatic nitrogens is 1. The van der Waals surface area contributed by atoms with Gasteiger partial charge < -0.3 is 20.1 Å². The number of carbonyl (C=O) groups excluding carboxylic acids is 4. The highest BCUT2D eigenvalue weighted by Gasteiger charge is 2.18. The van der Waals surface area contributed by atoms with Gasteiger partial charge in [-0.15, -0.1) is 0 Å². The van der Waals surface area contributed by atoms with Crippen LogP contribution in [0.4, 0.5) is 0 Å². The Balaban J connectivity index is 2.58. The largest absolute Gasteiger partial charge is 0.451 e. The number of rotatable bonds is 10.